The number of benzene rings is 2. The summed E-state index contributed by atoms with van der Waals surface area (Å²) in [4.78, 5) is 29.3. The maximum atomic E-state index is 13.0. The van der Waals surface area contributed by atoms with Crippen molar-refractivity contribution in [3.8, 4) is 0 Å². The van der Waals surface area contributed by atoms with Crippen molar-refractivity contribution in [2.24, 2.45) is 0 Å². The number of halogens is 1. The van der Waals surface area contributed by atoms with Gasteiger partial charge in [0.2, 0.25) is 5.91 Å². The van der Waals surface area contributed by atoms with Crippen LogP contribution in [-0.4, -0.2) is 47.4 Å². The number of carbonyl (C=O) groups is 2. The van der Waals surface area contributed by atoms with Gasteiger partial charge >= 0.3 is 6.03 Å². The Bertz CT molecular complexity index is 1100. The molecule has 0 radical (unpaired) electrons. The minimum Gasteiger partial charge on any atom is -0.340 e. The van der Waals surface area contributed by atoms with Gasteiger partial charge in [0.1, 0.15) is 6.04 Å². The zero-order valence-electron chi connectivity index (χ0n) is 19.3. The standard InChI is InChI=1S/C27H32ClN3O2/c1-20-9-4-6-11-23(20)12-7-5-10-21(2)29-27(33)31-18-8-13-25(31)26(32)30(3)19-22-14-16-24(28)17-15-22/h4-7,9,11-12,14-17,21,25H,1,8,10,13,18-19H2,2-3H3,(H,29,33)/b7-5-,23-12-/t21-,25+/m0/s1. The minimum absolute atomic E-state index is 0.0356. The van der Waals surface area contributed by atoms with Crippen molar-refractivity contribution in [2.45, 2.75) is 44.8 Å². The lowest BCUT2D eigenvalue weighted by molar-refractivity contribution is -0.134. The number of urea groups is 1. The molecule has 0 unspecified atom stereocenters. The molecule has 0 aromatic heterocycles. The molecule has 0 spiro atoms. The lowest BCUT2D eigenvalue weighted by atomic mass is 10.1. The van der Waals surface area contributed by atoms with Gasteiger partial charge in [0.25, 0.3) is 0 Å². The first-order valence-electron chi connectivity index (χ1n) is 11.3. The number of likely N-dealkylation sites (tertiary alicyclic amines) is 1. The van der Waals surface area contributed by atoms with Crippen LogP contribution in [-0.2, 0) is 11.3 Å². The van der Waals surface area contributed by atoms with Crippen molar-refractivity contribution in [1.82, 2.24) is 15.1 Å². The topological polar surface area (TPSA) is 52.7 Å². The number of rotatable bonds is 7. The first-order valence-corrected chi connectivity index (χ1v) is 11.7. The molecule has 1 heterocycles. The normalized spacial score (nSPS) is 17.4. The maximum absolute atomic E-state index is 13.0. The number of hydrogen-bond acceptors (Lipinski definition) is 2. The summed E-state index contributed by atoms with van der Waals surface area (Å²) in [5.41, 5.74) is 1.00. The quantitative estimate of drug-likeness (QED) is 0.677. The fourth-order valence-corrected chi connectivity index (χ4v) is 4.09. The molecule has 6 heteroatoms. The van der Waals surface area contributed by atoms with E-state index in [0.717, 1.165) is 22.4 Å². The molecular formula is C27H32ClN3O2. The number of hydrogen-bond donors (Lipinski definition) is 1. The second-order valence-electron chi connectivity index (χ2n) is 8.55. The third kappa shape index (κ3) is 6.96. The Labute approximate surface area is 201 Å². The van der Waals surface area contributed by atoms with E-state index >= 15 is 0 Å². The summed E-state index contributed by atoms with van der Waals surface area (Å²) < 4.78 is 0. The van der Waals surface area contributed by atoms with Gasteiger partial charge in [-0.3, -0.25) is 4.79 Å². The lowest BCUT2D eigenvalue weighted by Gasteiger charge is -2.29. The highest BCUT2D eigenvalue weighted by Gasteiger charge is 2.35. The van der Waals surface area contributed by atoms with Gasteiger partial charge in [0.15, 0.2) is 0 Å². The van der Waals surface area contributed by atoms with Crippen molar-refractivity contribution in [1.29, 1.82) is 0 Å². The van der Waals surface area contributed by atoms with Crippen molar-refractivity contribution in [2.75, 3.05) is 13.6 Å². The number of amides is 3. The second kappa shape index (κ2) is 11.7. The summed E-state index contributed by atoms with van der Waals surface area (Å²) in [6, 6.07) is 14.7. The van der Waals surface area contributed by atoms with Crippen LogP contribution in [0.25, 0.3) is 12.7 Å². The summed E-state index contributed by atoms with van der Waals surface area (Å²) in [6.07, 6.45) is 8.24. The fourth-order valence-electron chi connectivity index (χ4n) is 3.97. The van der Waals surface area contributed by atoms with Crippen molar-refractivity contribution >= 4 is 36.2 Å². The highest BCUT2D eigenvalue weighted by atomic mass is 35.5. The largest absolute Gasteiger partial charge is 0.340 e. The Morgan fingerprint density at radius 2 is 1.97 bits per heavy atom. The van der Waals surface area contributed by atoms with E-state index in [1.807, 2.05) is 73.7 Å². The van der Waals surface area contributed by atoms with Crippen LogP contribution in [0.1, 0.15) is 31.7 Å². The molecule has 2 atom stereocenters. The van der Waals surface area contributed by atoms with Crippen LogP contribution in [0.3, 0.4) is 0 Å². The first-order chi connectivity index (χ1) is 15.8. The average molecular weight is 466 g/mol. The highest BCUT2D eigenvalue weighted by molar-refractivity contribution is 6.30. The molecule has 2 aromatic carbocycles. The summed E-state index contributed by atoms with van der Waals surface area (Å²) in [5.74, 6) is -0.0356. The number of nitrogens with one attached hydrogen (secondary N) is 1. The second-order valence-corrected chi connectivity index (χ2v) is 8.99. The zero-order valence-corrected chi connectivity index (χ0v) is 20.1. The molecule has 1 aliphatic rings. The Balaban J connectivity index is 1.53. The molecule has 0 bridgehead atoms. The zero-order chi connectivity index (χ0) is 23.8. The Morgan fingerprint density at radius 3 is 2.70 bits per heavy atom. The van der Waals surface area contributed by atoms with Gasteiger partial charge in [-0.05, 0) is 54.3 Å². The number of allylic oxidation sites excluding steroid dienone is 1. The van der Waals surface area contributed by atoms with Gasteiger partial charge in [0.05, 0.1) is 0 Å². The van der Waals surface area contributed by atoms with E-state index in [4.69, 9.17) is 11.6 Å². The molecule has 174 valence electrons. The van der Waals surface area contributed by atoms with Crippen molar-refractivity contribution in [3.05, 3.63) is 81.7 Å². The van der Waals surface area contributed by atoms with Gasteiger partial charge < -0.3 is 15.1 Å². The van der Waals surface area contributed by atoms with E-state index in [-0.39, 0.29) is 18.0 Å². The van der Waals surface area contributed by atoms with E-state index < -0.39 is 6.04 Å². The summed E-state index contributed by atoms with van der Waals surface area (Å²) in [7, 11) is 1.78. The van der Waals surface area contributed by atoms with Gasteiger partial charge in [-0.15, -0.1) is 0 Å². The molecule has 1 N–H and O–H groups in total. The van der Waals surface area contributed by atoms with E-state index in [1.165, 1.54) is 0 Å². The monoisotopic (exact) mass is 465 g/mol. The van der Waals surface area contributed by atoms with Crippen LogP contribution in [0.15, 0.2) is 60.7 Å². The Kier molecular flexibility index (Phi) is 8.72. The minimum atomic E-state index is -0.424. The van der Waals surface area contributed by atoms with E-state index in [9.17, 15) is 9.59 Å². The van der Waals surface area contributed by atoms with E-state index in [0.29, 0.717) is 31.0 Å². The van der Waals surface area contributed by atoms with Gasteiger partial charge in [0, 0.05) is 31.2 Å². The SMILES string of the molecule is C=c1cccc/c1=C/C=C\C[C@H](C)NC(=O)N1CCC[C@@H]1C(=O)N(C)Cc1ccc(Cl)cc1. The molecule has 3 rings (SSSR count). The van der Waals surface area contributed by atoms with Crippen molar-refractivity contribution < 1.29 is 9.59 Å². The van der Waals surface area contributed by atoms with Gasteiger partial charge in [-0.2, -0.15) is 0 Å². The third-order valence-corrected chi connectivity index (χ3v) is 6.09. The summed E-state index contributed by atoms with van der Waals surface area (Å²) in [6.45, 7) is 7.06. The van der Waals surface area contributed by atoms with Crippen LogP contribution < -0.4 is 15.8 Å². The van der Waals surface area contributed by atoms with Gasteiger partial charge in [-0.25, -0.2) is 4.79 Å². The molecule has 5 nitrogen and oxygen atoms in total. The average Bonchev–Trinajstić information content (AvgIpc) is 3.29. The predicted octanol–water partition coefficient (Wildman–Crippen LogP) is 3.70. The van der Waals surface area contributed by atoms with Crippen molar-refractivity contribution in [3.63, 3.8) is 0 Å². The summed E-state index contributed by atoms with van der Waals surface area (Å²) in [5, 5.41) is 5.76. The molecule has 1 saturated heterocycles. The maximum Gasteiger partial charge on any atom is 0.318 e. The van der Waals surface area contributed by atoms with Crippen LogP contribution in [0.4, 0.5) is 4.79 Å². The molecule has 0 saturated carbocycles. The van der Waals surface area contributed by atoms with Crippen LogP contribution >= 0.6 is 11.6 Å². The van der Waals surface area contributed by atoms with Crippen LogP contribution in [0, 0.1) is 0 Å². The predicted molar refractivity (Wildman–Crippen MR) is 135 cm³/mol. The molecule has 1 aliphatic heterocycles. The fraction of sp³-hybridized carbons (Fsp3) is 0.333. The Hall–Kier alpha value is -3.05. The molecule has 2 aromatic rings. The highest BCUT2D eigenvalue weighted by Crippen LogP contribution is 2.20. The van der Waals surface area contributed by atoms with Gasteiger partial charge in [-0.1, -0.05) is 72.8 Å². The molecule has 33 heavy (non-hydrogen) atoms. The summed E-state index contributed by atoms with van der Waals surface area (Å²) >= 11 is 5.94. The molecule has 0 aliphatic carbocycles. The third-order valence-electron chi connectivity index (χ3n) is 5.83. The molecule has 1 fully saturated rings. The molecule has 3 amide bonds. The smallest absolute Gasteiger partial charge is 0.318 e. The van der Waals surface area contributed by atoms with E-state index in [1.54, 1.807) is 16.8 Å². The number of likely N-dealkylation sites (N-methyl/N-ethyl adjacent to an activating group) is 1. The lowest BCUT2D eigenvalue weighted by Crippen LogP contribution is -2.51. The number of nitrogens with zero attached hydrogens (tertiary/aromatic N) is 2. The Morgan fingerprint density at radius 1 is 1.24 bits per heavy atom. The van der Waals surface area contributed by atoms with E-state index in [2.05, 4.69) is 11.9 Å². The first kappa shape index (κ1) is 24.6. The van der Waals surface area contributed by atoms with Crippen LogP contribution in [0.2, 0.25) is 5.02 Å². The number of carbonyl (C=O) groups excluding carboxylic acids is 2. The van der Waals surface area contributed by atoms with Crippen LogP contribution in [0.5, 0.6) is 0 Å². The molecular weight excluding hydrogens is 434 g/mol.